The molecular formula is C26H42O. The molecule has 0 spiro atoms. The molecule has 0 N–H and O–H groups in total. The first-order chi connectivity index (χ1) is 13.2. The second-order valence-corrected chi connectivity index (χ2v) is 9.44. The van der Waals surface area contributed by atoms with Crippen LogP contribution in [0.25, 0.3) is 0 Å². The average Bonchev–Trinajstić information content (AvgIpc) is 2.70. The Bertz CT molecular complexity index is 526. The molecule has 0 heterocycles. The van der Waals surface area contributed by atoms with E-state index in [0.717, 1.165) is 41.9 Å². The van der Waals surface area contributed by atoms with Crippen LogP contribution >= 0.6 is 0 Å². The van der Waals surface area contributed by atoms with E-state index in [4.69, 9.17) is 4.74 Å². The smallest absolute Gasteiger partial charge is 0.119 e. The molecule has 0 amide bonds. The van der Waals surface area contributed by atoms with Crippen molar-refractivity contribution in [2.24, 2.45) is 23.7 Å². The van der Waals surface area contributed by atoms with Gasteiger partial charge in [0.15, 0.2) is 0 Å². The van der Waals surface area contributed by atoms with E-state index in [0.29, 0.717) is 0 Å². The van der Waals surface area contributed by atoms with Crippen LogP contribution in [-0.4, -0.2) is 6.61 Å². The SMILES string of the molecule is CCCCCC1CCC(C2CC[C@@H](c3ccc(OCC)cc3)[C@H](C)C2)CC1. The van der Waals surface area contributed by atoms with Gasteiger partial charge in [0.25, 0.3) is 0 Å². The quantitative estimate of drug-likeness (QED) is 0.421. The fourth-order valence-electron chi connectivity index (χ4n) is 5.97. The normalized spacial score (nSPS) is 31.6. The minimum atomic E-state index is 0.752. The summed E-state index contributed by atoms with van der Waals surface area (Å²) in [5.74, 6) is 5.65. The van der Waals surface area contributed by atoms with Gasteiger partial charge in [-0.05, 0) is 86.3 Å². The molecule has 1 nitrogen and oxygen atoms in total. The Kier molecular flexibility index (Phi) is 8.09. The van der Waals surface area contributed by atoms with Gasteiger partial charge in [-0.25, -0.2) is 0 Å². The maximum absolute atomic E-state index is 5.61. The average molecular weight is 371 g/mol. The molecule has 3 rings (SSSR count). The fourth-order valence-corrected chi connectivity index (χ4v) is 5.97. The van der Waals surface area contributed by atoms with Crippen LogP contribution in [0, 0.1) is 23.7 Å². The summed E-state index contributed by atoms with van der Waals surface area (Å²) < 4.78 is 5.61. The van der Waals surface area contributed by atoms with E-state index in [-0.39, 0.29) is 0 Å². The predicted octanol–water partition coefficient (Wildman–Crippen LogP) is 7.99. The lowest BCUT2D eigenvalue weighted by molar-refractivity contribution is 0.130. The van der Waals surface area contributed by atoms with E-state index >= 15 is 0 Å². The zero-order valence-electron chi connectivity index (χ0n) is 18.1. The van der Waals surface area contributed by atoms with Crippen LogP contribution < -0.4 is 4.74 Å². The Morgan fingerprint density at radius 3 is 2.19 bits per heavy atom. The Balaban J connectivity index is 1.46. The first kappa shape index (κ1) is 20.7. The number of hydrogen-bond acceptors (Lipinski definition) is 1. The Labute approximate surface area is 168 Å². The molecule has 2 fully saturated rings. The van der Waals surface area contributed by atoms with Crippen molar-refractivity contribution in [2.75, 3.05) is 6.61 Å². The molecule has 0 aliphatic heterocycles. The van der Waals surface area contributed by atoms with Gasteiger partial charge in [0.05, 0.1) is 6.61 Å². The molecule has 3 atom stereocenters. The zero-order chi connectivity index (χ0) is 19.1. The van der Waals surface area contributed by atoms with Crippen LogP contribution in [0.3, 0.4) is 0 Å². The number of hydrogen-bond donors (Lipinski definition) is 0. The van der Waals surface area contributed by atoms with Crippen molar-refractivity contribution in [3.05, 3.63) is 29.8 Å². The molecule has 2 saturated carbocycles. The second-order valence-electron chi connectivity index (χ2n) is 9.44. The van der Waals surface area contributed by atoms with Gasteiger partial charge in [0.1, 0.15) is 5.75 Å². The predicted molar refractivity (Wildman–Crippen MR) is 116 cm³/mol. The maximum Gasteiger partial charge on any atom is 0.119 e. The molecule has 1 heteroatoms. The van der Waals surface area contributed by atoms with Crippen molar-refractivity contribution in [3.63, 3.8) is 0 Å². The van der Waals surface area contributed by atoms with Crippen molar-refractivity contribution in [1.29, 1.82) is 0 Å². The molecule has 2 aliphatic rings. The van der Waals surface area contributed by atoms with Crippen LogP contribution in [0.5, 0.6) is 5.75 Å². The molecule has 0 aromatic heterocycles. The van der Waals surface area contributed by atoms with Gasteiger partial charge < -0.3 is 4.74 Å². The van der Waals surface area contributed by atoms with Gasteiger partial charge in [-0.2, -0.15) is 0 Å². The van der Waals surface area contributed by atoms with Gasteiger partial charge >= 0.3 is 0 Å². The van der Waals surface area contributed by atoms with E-state index in [1.165, 1.54) is 76.2 Å². The highest BCUT2D eigenvalue weighted by Crippen LogP contribution is 2.47. The third-order valence-electron chi connectivity index (χ3n) is 7.60. The summed E-state index contributed by atoms with van der Waals surface area (Å²) in [5, 5.41) is 0. The molecule has 27 heavy (non-hydrogen) atoms. The molecule has 1 unspecified atom stereocenters. The van der Waals surface area contributed by atoms with Crippen LogP contribution in [0.15, 0.2) is 24.3 Å². The van der Waals surface area contributed by atoms with Crippen molar-refractivity contribution >= 4 is 0 Å². The molecule has 0 radical (unpaired) electrons. The molecule has 0 saturated heterocycles. The van der Waals surface area contributed by atoms with E-state index in [1.54, 1.807) is 0 Å². The second kappa shape index (κ2) is 10.5. The lowest BCUT2D eigenvalue weighted by atomic mass is 9.65. The lowest BCUT2D eigenvalue weighted by Crippen LogP contribution is -2.29. The number of benzene rings is 1. The van der Waals surface area contributed by atoms with Crippen molar-refractivity contribution in [1.82, 2.24) is 0 Å². The highest BCUT2D eigenvalue weighted by Gasteiger charge is 2.34. The summed E-state index contributed by atoms with van der Waals surface area (Å²) in [5.41, 5.74) is 1.53. The highest BCUT2D eigenvalue weighted by atomic mass is 16.5. The monoisotopic (exact) mass is 370 g/mol. The Hall–Kier alpha value is -0.980. The van der Waals surface area contributed by atoms with Crippen molar-refractivity contribution < 1.29 is 4.74 Å². The highest BCUT2D eigenvalue weighted by molar-refractivity contribution is 5.30. The van der Waals surface area contributed by atoms with Gasteiger partial charge in [0.2, 0.25) is 0 Å². The standard InChI is InChI=1S/C26H42O/c1-4-6-7-8-21-9-11-22(12-10-21)24-15-18-26(20(3)19-24)23-13-16-25(17-14-23)27-5-2/h13-14,16-17,20-22,24,26H,4-12,15,18-19H2,1-3H3/t20-,21?,22?,24?,26-/m1/s1. The van der Waals surface area contributed by atoms with Gasteiger partial charge in [-0.15, -0.1) is 0 Å². The van der Waals surface area contributed by atoms with Crippen LogP contribution in [0.1, 0.15) is 103 Å². The zero-order valence-corrected chi connectivity index (χ0v) is 18.1. The third-order valence-corrected chi connectivity index (χ3v) is 7.60. The largest absolute Gasteiger partial charge is 0.494 e. The first-order valence-corrected chi connectivity index (χ1v) is 11.9. The van der Waals surface area contributed by atoms with E-state index in [9.17, 15) is 0 Å². The summed E-state index contributed by atoms with van der Waals surface area (Å²) in [7, 11) is 0. The number of ether oxygens (including phenoxy) is 1. The van der Waals surface area contributed by atoms with Gasteiger partial charge in [-0.3, -0.25) is 0 Å². The fraction of sp³-hybridized carbons (Fsp3) is 0.769. The summed E-state index contributed by atoms with van der Waals surface area (Å²) in [6.45, 7) is 7.63. The molecular weight excluding hydrogens is 328 g/mol. The summed E-state index contributed by atoms with van der Waals surface area (Å²) >= 11 is 0. The molecule has 0 bridgehead atoms. The van der Waals surface area contributed by atoms with Gasteiger partial charge in [-0.1, -0.05) is 64.5 Å². The minimum absolute atomic E-state index is 0.752. The molecule has 1 aromatic carbocycles. The topological polar surface area (TPSA) is 9.23 Å². The third kappa shape index (κ3) is 5.75. The summed E-state index contributed by atoms with van der Waals surface area (Å²) in [4.78, 5) is 0. The van der Waals surface area contributed by atoms with E-state index in [2.05, 4.69) is 45.0 Å². The Morgan fingerprint density at radius 1 is 0.852 bits per heavy atom. The first-order valence-electron chi connectivity index (χ1n) is 11.9. The molecule has 152 valence electrons. The molecule has 2 aliphatic carbocycles. The summed E-state index contributed by atoms with van der Waals surface area (Å²) in [6, 6.07) is 8.96. The van der Waals surface area contributed by atoms with Gasteiger partial charge in [0, 0.05) is 0 Å². The molecule has 1 aromatic rings. The van der Waals surface area contributed by atoms with E-state index in [1.807, 2.05) is 0 Å². The lowest BCUT2D eigenvalue weighted by Gasteiger charge is -2.41. The number of rotatable bonds is 8. The minimum Gasteiger partial charge on any atom is -0.494 e. The Morgan fingerprint density at radius 2 is 1.56 bits per heavy atom. The van der Waals surface area contributed by atoms with Crippen LogP contribution in [0.4, 0.5) is 0 Å². The maximum atomic E-state index is 5.61. The summed E-state index contributed by atoms with van der Waals surface area (Å²) in [6.07, 6.45) is 16.1. The number of unbranched alkanes of at least 4 members (excludes halogenated alkanes) is 2. The van der Waals surface area contributed by atoms with E-state index < -0.39 is 0 Å². The van der Waals surface area contributed by atoms with Crippen molar-refractivity contribution in [2.45, 2.75) is 97.3 Å². The van der Waals surface area contributed by atoms with Crippen molar-refractivity contribution in [3.8, 4) is 5.75 Å². The van der Waals surface area contributed by atoms with Crippen LogP contribution in [0.2, 0.25) is 0 Å². The van der Waals surface area contributed by atoms with Crippen LogP contribution in [-0.2, 0) is 0 Å².